The van der Waals surface area contributed by atoms with E-state index in [1.807, 2.05) is 24.3 Å². The molecule has 0 unspecified atom stereocenters. The summed E-state index contributed by atoms with van der Waals surface area (Å²) >= 11 is 6.03. The Morgan fingerprint density at radius 3 is 2.80 bits per heavy atom. The minimum absolute atomic E-state index is 0.262. The lowest BCUT2D eigenvalue weighted by molar-refractivity contribution is 0.276. The first-order valence-corrected chi connectivity index (χ1v) is 5.69. The second-order valence-corrected chi connectivity index (χ2v) is 4.15. The molecule has 1 aromatic rings. The third-order valence-electron chi connectivity index (χ3n) is 2.39. The quantitative estimate of drug-likeness (QED) is 0.783. The van der Waals surface area contributed by atoms with Crippen molar-refractivity contribution in [3.8, 4) is 0 Å². The molecule has 0 aromatic heterocycles. The zero-order chi connectivity index (χ0) is 11.1. The van der Waals surface area contributed by atoms with Crippen LogP contribution in [0.2, 0.25) is 5.02 Å². The third kappa shape index (κ3) is 4.65. The molecule has 3 heteroatoms. The standard InChI is InChI=1S/C12H18ClNO/c1-10(5-4-8-15)14-9-11-6-2-3-7-12(11)13/h2-3,6-7,10,14-15H,4-5,8-9H2,1H3/t10-/m1/s1. The average Bonchev–Trinajstić information content (AvgIpc) is 2.25. The molecule has 0 heterocycles. The molecule has 0 amide bonds. The van der Waals surface area contributed by atoms with Crippen molar-refractivity contribution in [3.63, 3.8) is 0 Å². The summed E-state index contributed by atoms with van der Waals surface area (Å²) in [5.74, 6) is 0. The molecule has 0 spiro atoms. The summed E-state index contributed by atoms with van der Waals surface area (Å²) in [4.78, 5) is 0. The number of aliphatic hydroxyl groups is 1. The van der Waals surface area contributed by atoms with Gasteiger partial charge in [-0.15, -0.1) is 0 Å². The van der Waals surface area contributed by atoms with Gasteiger partial charge in [0, 0.05) is 24.2 Å². The molecule has 2 N–H and O–H groups in total. The minimum atomic E-state index is 0.262. The fraction of sp³-hybridized carbons (Fsp3) is 0.500. The maximum absolute atomic E-state index is 8.70. The molecule has 84 valence electrons. The Morgan fingerprint density at radius 1 is 1.40 bits per heavy atom. The highest BCUT2D eigenvalue weighted by Crippen LogP contribution is 2.14. The molecule has 0 saturated heterocycles. The molecule has 0 saturated carbocycles. The van der Waals surface area contributed by atoms with E-state index in [1.54, 1.807) is 0 Å². The lowest BCUT2D eigenvalue weighted by atomic mass is 10.1. The first-order chi connectivity index (χ1) is 7.24. The normalized spacial score (nSPS) is 12.7. The van der Waals surface area contributed by atoms with Crippen molar-refractivity contribution >= 4 is 11.6 Å². The Balaban J connectivity index is 2.33. The van der Waals surface area contributed by atoms with Crippen molar-refractivity contribution in [2.45, 2.75) is 32.4 Å². The maximum Gasteiger partial charge on any atom is 0.0450 e. The molecule has 0 radical (unpaired) electrons. The molecule has 0 aliphatic rings. The van der Waals surface area contributed by atoms with Crippen LogP contribution in [-0.4, -0.2) is 17.8 Å². The summed E-state index contributed by atoms with van der Waals surface area (Å²) in [7, 11) is 0. The van der Waals surface area contributed by atoms with Gasteiger partial charge in [-0.3, -0.25) is 0 Å². The van der Waals surface area contributed by atoms with E-state index in [4.69, 9.17) is 16.7 Å². The van der Waals surface area contributed by atoms with Crippen molar-refractivity contribution < 1.29 is 5.11 Å². The summed E-state index contributed by atoms with van der Waals surface area (Å²) in [6, 6.07) is 8.25. The van der Waals surface area contributed by atoms with E-state index in [0.717, 1.165) is 30.0 Å². The molecule has 0 aliphatic carbocycles. The number of benzene rings is 1. The van der Waals surface area contributed by atoms with Crippen LogP contribution in [0.15, 0.2) is 24.3 Å². The Bertz CT molecular complexity index is 291. The van der Waals surface area contributed by atoms with E-state index in [9.17, 15) is 0 Å². The van der Waals surface area contributed by atoms with Gasteiger partial charge in [0.2, 0.25) is 0 Å². The lowest BCUT2D eigenvalue weighted by Crippen LogP contribution is -2.25. The van der Waals surface area contributed by atoms with Gasteiger partial charge in [0.25, 0.3) is 0 Å². The predicted octanol–water partition coefficient (Wildman–Crippen LogP) is 2.59. The van der Waals surface area contributed by atoms with E-state index in [2.05, 4.69) is 12.2 Å². The van der Waals surface area contributed by atoms with Crippen LogP contribution in [0.5, 0.6) is 0 Å². The smallest absolute Gasteiger partial charge is 0.0450 e. The fourth-order valence-electron chi connectivity index (χ4n) is 1.43. The number of aliphatic hydroxyl groups excluding tert-OH is 1. The molecule has 0 fully saturated rings. The van der Waals surface area contributed by atoms with Gasteiger partial charge in [0.05, 0.1) is 0 Å². The highest BCUT2D eigenvalue weighted by atomic mass is 35.5. The lowest BCUT2D eigenvalue weighted by Gasteiger charge is -2.13. The molecule has 15 heavy (non-hydrogen) atoms. The van der Waals surface area contributed by atoms with E-state index in [1.165, 1.54) is 0 Å². The molecule has 1 aromatic carbocycles. The average molecular weight is 228 g/mol. The van der Waals surface area contributed by atoms with Gasteiger partial charge < -0.3 is 10.4 Å². The van der Waals surface area contributed by atoms with Gasteiger partial charge in [-0.05, 0) is 31.4 Å². The highest BCUT2D eigenvalue weighted by molar-refractivity contribution is 6.31. The summed E-state index contributed by atoms with van der Waals surface area (Å²) in [5.41, 5.74) is 1.12. The minimum Gasteiger partial charge on any atom is -0.396 e. The first-order valence-electron chi connectivity index (χ1n) is 5.31. The molecule has 1 rings (SSSR count). The number of rotatable bonds is 6. The fourth-order valence-corrected chi connectivity index (χ4v) is 1.63. The van der Waals surface area contributed by atoms with Crippen LogP contribution < -0.4 is 5.32 Å². The SMILES string of the molecule is C[C@H](CCCO)NCc1ccccc1Cl. The van der Waals surface area contributed by atoms with Crippen LogP contribution in [0.3, 0.4) is 0 Å². The van der Waals surface area contributed by atoms with Crippen LogP contribution in [0, 0.1) is 0 Å². The predicted molar refractivity (Wildman–Crippen MR) is 64.1 cm³/mol. The molecular weight excluding hydrogens is 210 g/mol. The van der Waals surface area contributed by atoms with Crippen LogP contribution in [0.25, 0.3) is 0 Å². The van der Waals surface area contributed by atoms with Gasteiger partial charge in [0.1, 0.15) is 0 Å². The number of nitrogens with one attached hydrogen (secondary N) is 1. The molecule has 1 atom stereocenters. The van der Waals surface area contributed by atoms with E-state index >= 15 is 0 Å². The van der Waals surface area contributed by atoms with Crippen LogP contribution in [-0.2, 0) is 6.54 Å². The first kappa shape index (κ1) is 12.5. The second-order valence-electron chi connectivity index (χ2n) is 3.74. The van der Waals surface area contributed by atoms with E-state index in [0.29, 0.717) is 6.04 Å². The van der Waals surface area contributed by atoms with Gasteiger partial charge >= 0.3 is 0 Å². The molecule has 2 nitrogen and oxygen atoms in total. The summed E-state index contributed by atoms with van der Waals surface area (Å²) in [6.07, 6.45) is 1.83. The Labute approximate surface area is 96.3 Å². The van der Waals surface area contributed by atoms with Gasteiger partial charge in [-0.1, -0.05) is 29.8 Å². The number of hydrogen-bond acceptors (Lipinski definition) is 2. The van der Waals surface area contributed by atoms with Gasteiger partial charge in [-0.2, -0.15) is 0 Å². The van der Waals surface area contributed by atoms with Gasteiger partial charge in [-0.25, -0.2) is 0 Å². The summed E-state index contributed by atoms with van der Waals surface area (Å²) in [5, 5.41) is 12.9. The molecular formula is C12H18ClNO. The Hall–Kier alpha value is -0.570. The second kappa shape index (κ2) is 6.83. The van der Waals surface area contributed by atoms with Crippen LogP contribution >= 0.6 is 11.6 Å². The van der Waals surface area contributed by atoms with Crippen LogP contribution in [0.1, 0.15) is 25.3 Å². The van der Waals surface area contributed by atoms with Crippen molar-refractivity contribution in [1.29, 1.82) is 0 Å². The Kier molecular flexibility index (Phi) is 5.69. The van der Waals surface area contributed by atoms with Crippen molar-refractivity contribution in [2.24, 2.45) is 0 Å². The van der Waals surface area contributed by atoms with Gasteiger partial charge in [0.15, 0.2) is 0 Å². The summed E-state index contributed by atoms with van der Waals surface area (Å²) in [6.45, 7) is 3.16. The monoisotopic (exact) mass is 227 g/mol. The topological polar surface area (TPSA) is 32.3 Å². The van der Waals surface area contributed by atoms with E-state index in [-0.39, 0.29) is 6.61 Å². The zero-order valence-electron chi connectivity index (χ0n) is 9.04. The Morgan fingerprint density at radius 2 is 2.13 bits per heavy atom. The van der Waals surface area contributed by atoms with Crippen molar-refractivity contribution in [3.05, 3.63) is 34.9 Å². The zero-order valence-corrected chi connectivity index (χ0v) is 9.80. The number of hydrogen-bond donors (Lipinski definition) is 2. The van der Waals surface area contributed by atoms with Crippen molar-refractivity contribution in [1.82, 2.24) is 5.32 Å². The number of halogens is 1. The van der Waals surface area contributed by atoms with E-state index < -0.39 is 0 Å². The summed E-state index contributed by atoms with van der Waals surface area (Å²) < 4.78 is 0. The molecule has 0 bridgehead atoms. The molecule has 0 aliphatic heterocycles. The third-order valence-corrected chi connectivity index (χ3v) is 2.76. The van der Waals surface area contributed by atoms with Crippen molar-refractivity contribution in [2.75, 3.05) is 6.61 Å². The maximum atomic E-state index is 8.70. The highest BCUT2D eigenvalue weighted by Gasteiger charge is 2.02. The largest absolute Gasteiger partial charge is 0.396 e. The van der Waals surface area contributed by atoms with Crippen LogP contribution in [0.4, 0.5) is 0 Å².